The monoisotopic (exact) mass is 333 g/mol. The predicted molar refractivity (Wildman–Crippen MR) is 93.6 cm³/mol. The molecule has 0 aliphatic heterocycles. The lowest BCUT2D eigenvalue weighted by molar-refractivity contribution is -0.129. The maximum Gasteiger partial charge on any atom is 0.249 e. The Balaban J connectivity index is 1.70. The van der Waals surface area contributed by atoms with Crippen molar-refractivity contribution in [3.63, 3.8) is 0 Å². The zero-order valence-corrected chi connectivity index (χ0v) is 14.2. The molecule has 0 saturated heterocycles. The van der Waals surface area contributed by atoms with Gasteiger partial charge >= 0.3 is 0 Å². The summed E-state index contributed by atoms with van der Waals surface area (Å²) in [6.45, 7) is 0. The van der Waals surface area contributed by atoms with Crippen LogP contribution in [0.1, 0.15) is 44.1 Å². The van der Waals surface area contributed by atoms with E-state index in [1.807, 2.05) is 30.5 Å². The van der Waals surface area contributed by atoms with Gasteiger partial charge in [0.05, 0.1) is 6.21 Å². The third-order valence-electron chi connectivity index (χ3n) is 3.81. The number of hydrazone groups is 1. The Bertz CT molecular complexity index is 551. The van der Waals surface area contributed by atoms with E-state index in [0.717, 1.165) is 31.2 Å². The van der Waals surface area contributed by atoms with Gasteiger partial charge in [-0.3, -0.25) is 9.59 Å². The summed E-state index contributed by atoms with van der Waals surface area (Å²) >= 11 is 1.67. The average Bonchev–Trinajstić information content (AvgIpc) is 2.56. The Morgan fingerprint density at radius 3 is 2.52 bits per heavy atom. The third kappa shape index (κ3) is 6.44. The van der Waals surface area contributed by atoms with E-state index in [1.54, 1.807) is 18.0 Å². The summed E-state index contributed by atoms with van der Waals surface area (Å²) in [5, 5.41) is 6.80. The van der Waals surface area contributed by atoms with E-state index in [-0.39, 0.29) is 18.4 Å². The van der Waals surface area contributed by atoms with Gasteiger partial charge in [0.15, 0.2) is 0 Å². The second-order valence-electron chi connectivity index (χ2n) is 5.65. The first-order chi connectivity index (χ1) is 11.2. The molecule has 0 heterocycles. The maximum absolute atomic E-state index is 11.8. The fourth-order valence-corrected chi connectivity index (χ4v) is 2.99. The van der Waals surface area contributed by atoms with Crippen LogP contribution in [-0.2, 0) is 9.59 Å². The van der Waals surface area contributed by atoms with Gasteiger partial charge in [-0.05, 0) is 36.8 Å². The van der Waals surface area contributed by atoms with Crippen molar-refractivity contribution in [2.75, 3.05) is 6.26 Å². The average molecular weight is 333 g/mol. The first-order valence-corrected chi connectivity index (χ1v) is 9.15. The molecule has 0 spiro atoms. The molecule has 1 aromatic rings. The molecule has 2 N–H and O–H groups in total. The lowest BCUT2D eigenvalue weighted by Gasteiger charge is -2.22. The van der Waals surface area contributed by atoms with Gasteiger partial charge in [-0.25, -0.2) is 5.43 Å². The molecule has 1 saturated carbocycles. The fourth-order valence-electron chi connectivity index (χ4n) is 2.58. The van der Waals surface area contributed by atoms with Gasteiger partial charge < -0.3 is 5.32 Å². The zero-order chi connectivity index (χ0) is 16.5. The molecular formula is C17H23N3O2S. The topological polar surface area (TPSA) is 70.6 Å². The summed E-state index contributed by atoms with van der Waals surface area (Å²) in [4.78, 5) is 24.7. The number of carbonyl (C=O) groups excluding carboxylic acids is 2. The number of nitrogens with zero attached hydrogens (tertiary/aromatic N) is 1. The summed E-state index contributed by atoms with van der Waals surface area (Å²) in [5.74, 6) is -0.621. The van der Waals surface area contributed by atoms with Crippen molar-refractivity contribution in [1.82, 2.24) is 10.7 Å². The minimum absolute atomic E-state index is 0.181. The predicted octanol–water partition coefficient (Wildman–Crippen LogP) is 2.70. The minimum Gasteiger partial charge on any atom is -0.353 e. The van der Waals surface area contributed by atoms with Gasteiger partial charge in [0, 0.05) is 10.9 Å². The van der Waals surface area contributed by atoms with E-state index in [0.29, 0.717) is 0 Å². The molecule has 5 nitrogen and oxygen atoms in total. The summed E-state index contributed by atoms with van der Waals surface area (Å²) in [6.07, 6.45) is 8.96. The summed E-state index contributed by atoms with van der Waals surface area (Å²) in [5.41, 5.74) is 3.29. The first kappa shape index (κ1) is 17.5. The van der Waals surface area contributed by atoms with Crippen LogP contribution in [0.3, 0.4) is 0 Å². The second kappa shape index (κ2) is 9.35. The second-order valence-corrected chi connectivity index (χ2v) is 6.53. The number of rotatable bonds is 6. The number of nitrogens with one attached hydrogen (secondary N) is 2. The third-order valence-corrected chi connectivity index (χ3v) is 4.55. The minimum atomic E-state index is -0.393. The molecule has 1 aliphatic rings. The van der Waals surface area contributed by atoms with E-state index in [4.69, 9.17) is 0 Å². The van der Waals surface area contributed by atoms with Gasteiger partial charge in [-0.2, -0.15) is 5.10 Å². The Morgan fingerprint density at radius 2 is 1.87 bits per heavy atom. The van der Waals surface area contributed by atoms with Crippen LogP contribution in [0.25, 0.3) is 0 Å². The molecule has 0 radical (unpaired) electrons. The molecule has 0 atom stereocenters. The Labute approximate surface area is 141 Å². The quantitative estimate of drug-likeness (QED) is 0.364. The lowest BCUT2D eigenvalue weighted by Crippen LogP contribution is -2.38. The van der Waals surface area contributed by atoms with E-state index < -0.39 is 5.91 Å². The van der Waals surface area contributed by atoms with Crippen LogP contribution in [0.15, 0.2) is 34.3 Å². The summed E-state index contributed by atoms with van der Waals surface area (Å²) < 4.78 is 0. The van der Waals surface area contributed by atoms with Crippen molar-refractivity contribution in [2.45, 2.75) is 49.5 Å². The highest BCUT2D eigenvalue weighted by atomic mass is 32.2. The highest BCUT2D eigenvalue weighted by Gasteiger charge is 2.17. The maximum atomic E-state index is 11.8. The van der Waals surface area contributed by atoms with Crippen LogP contribution in [0, 0.1) is 0 Å². The fraction of sp³-hybridized carbons (Fsp3) is 0.471. The molecule has 6 heteroatoms. The van der Waals surface area contributed by atoms with Crippen molar-refractivity contribution in [2.24, 2.45) is 5.10 Å². The molecule has 124 valence electrons. The van der Waals surface area contributed by atoms with Crippen molar-refractivity contribution in [3.05, 3.63) is 29.8 Å². The summed E-state index contributed by atoms with van der Waals surface area (Å²) in [7, 11) is 0. The Hall–Kier alpha value is -1.82. The van der Waals surface area contributed by atoms with Crippen LogP contribution < -0.4 is 10.7 Å². The van der Waals surface area contributed by atoms with Gasteiger partial charge in [-0.15, -0.1) is 11.8 Å². The van der Waals surface area contributed by atoms with Crippen LogP contribution in [0.5, 0.6) is 0 Å². The molecule has 2 amide bonds. The molecule has 1 aliphatic carbocycles. The smallest absolute Gasteiger partial charge is 0.249 e. The van der Waals surface area contributed by atoms with Gasteiger partial charge in [0.2, 0.25) is 11.8 Å². The lowest BCUT2D eigenvalue weighted by atomic mass is 9.95. The van der Waals surface area contributed by atoms with Crippen LogP contribution >= 0.6 is 11.8 Å². The van der Waals surface area contributed by atoms with E-state index in [1.165, 1.54) is 11.3 Å². The highest BCUT2D eigenvalue weighted by molar-refractivity contribution is 7.98. The van der Waals surface area contributed by atoms with Crippen LogP contribution in [0.2, 0.25) is 0 Å². The van der Waals surface area contributed by atoms with Gasteiger partial charge in [0.25, 0.3) is 0 Å². The van der Waals surface area contributed by atoms with E-state index in [2.05, 4.69) is 15.8 Å². The zero-order valence-electron chi connectivity index (χ0n) is 13.4. The normalized spacial score (nSPS) is 15.5. The van der Waals surface area contributed by atoms with Crippen LogP contribution in [-0.4, -0.2) is 30.3 Å². The molecular weight excluding hydrogens is 310 g/mol. The number of amides is 2. The SMILES string of the molecule is CSc1ccc(/C=N/NC(=O)CC(=O)NC2CCCCC2)cc1. The number of benzene rings is 1. The molecule has 2 rings (SSSR count). The number of carbonyl (C=O) groups is 2. The number of hydrogen-bond donors (Lipinski definition) is 2. The Morgan fingerprint density at radius 1 is 1.17 bits per heavy atom. The van der Waals surface area contributed by atoms with Crippen molar-refractivity contribution in [1.29, 1.82) is 0 Å². The first-order valence-electron chi connectivity index (χ1n) is 7.92. The van der Waals surface area contributed by atoms with Gasteiger partial charge in [0.1, 0.15) is 6.42 Å². The molecule has 1 fully saturated rings. The molecule has 1 aromatic carbocycles. The van der Waals surface area contributed by atoms with Gasteiger partial charge in [-0.1, -0.05) is 31.4 Å². The Kier molecular flexibility index (Phi) is 7.13. The standard InChI is InChI=1S/C17H23N3O2S/c1-23-15-9-7-13(8-10-15)12-18-20-17(22)11-16(21)19-14-5-3-2-4-6-14/h7-10,12,14H,2-6,11H2,1H3,(H,19,21)(H,20,22)/b18-12+. The van der Waals surface area contributed by atoms with Crippen molar-refractivity contribution < 1.29 is 9.59 Å². The molecule has 0 bridgehead atoms. The molecule has 0 aromatic heterocycles. The van der Waals surface area contributed by atoms with Crippen LogP contribution in [0.4, 0.5) is 0 Å². The van der Waals surface area contributed by atoms with Crippen molar-refractivity contribution in [3.8, 4) is 0 Å². The largest absolute Gasteiger partial charge is 0.353 e. The molecule has 0 unspecified atom stereocenters. The summed E-state index contributed by atoms with van der Waals surface area (Å²) in [6, 6.07) is 8.06. The van der Waals surface area contributed by atoms with E-state index >= 15 is 0 Å². The van der Waals surface area contributed by atoms with E-state index in [9.17, 15) is 9.59 Å². The number of hydrogen-bond acceptors (Lipinski definition) is 4. The van der Waals surface area contributed by atoms with Crippen molar-refractivity contribution >= 4 is 29.8 Å². The molecule has 23 heavy (non-hydrogen) atoms. The highest BCUT2D eigenvalue weighted by Crippen LogP contribution is 2.17. The number of thioether (sulfide) groups is 1.